The molecule has 1 aliphatic rings. The minimum Gasteiger partial charge on any atom is -0.306 e. The summed E-state index contributed by atoms with van der Waals surface area (Å²) < 4.78 is 0. The molecule has 0 unspecified atom stereocenters. The monoisotopic (exact) mass is 206 g/mol. The summed E-state index contributed by atoms with van der Waals surface area (Å²) in [7, 11) is 0. The van der Waals surface area contributed by atoms with Gasteiger partial charge in [0.15, 0.2) is 0 Å². The van der Waals surface area contributed by atoms with Crippen LogP contribution in [0.4, 0.5) is 5.95 Å². The molecule has 80 valence electrons. The van der Waals surface area contributed by atoms with Crippen LogP contribution < -0.4 is 10.6 Å². The summed E-state index contributed by atoms with van der Waals surface area (Å²) >= 11 is 0. The third-order valence-corrected chi connectivity index (χ3v) is 2.43. The second-order valence-corrected chi connectivity index (χ2v) is 3.56. The summed E-state index contributed by atoms with van der Waals surface area (Å²) in [5, 5.41) is 5.86. The molecule has 1 fully saturated rings. The molecule has 5 heteroatoms. The van der Waals surface area contributed by atoms with E-state index in [2.05, 4.69) is 20.6 Å². The Morgan fingerprint density at radius 3 is 2.87 bits per heavy atom. The zero-order valence-corrected chi connectivity index (χ0v) is 8.44. The second kappa shape index (κ2) is 4.84. The highest BCUT2D eigenvalue weighted by Crippen LogP contribution is 2.08. The van der Waals surface area contributed by atoms with Crippen molar-refractivity contribution in [2.75, 3.05) is 11.9 Å². The van der Waals surface area contributed by atoms with E-state index in [1.54, 1.807) is 18.5 Å². The van der Waals surface area contributed by atoms with Gasteiger partial charge in [-0.15, -0.1) is 0 Å². The quantitative estimate of drug-likeness (QED) is 0.742. The van der Waals surface area contributed by atoms with Crippen LogP contribution in [0.5, 0.6) is 0 Å². The molecule has 1 saturated heterocycles. The fourth-order valence-electron chi connectivity index (χ4n) is 1.64. The minimum absolute atomic E-state index is 0.0408. The van der Waals surface area contributed by atoms with Crippen LogP contribution in [0.1, 0.15) is 19.3 Å². The van der Waals surface area contributed by atoms with Crippen LogP contribution in [0.25, 0.3) is 0 Å². The van der Waals surface area contributed by atoms with E-state index in [4.69, 9.17) is 0 Å². The summed E-state index contributed by atoms with van der Waals surface area (Å²) in [5.41, 5.74) is 0. The molecule has 5 nitrogen and oxygen atoms in total. The van der Waals surface area contributed by atoms with Gasteiger partial charge in [-0.1, -0.05) is 6.42 Å². The van der Waals surface area contributed by atoms with Crippen molar-refractivity contribution in [1.82, 2.24) is 15.3 Å². The molecular weight excluding hydrogens is 192 g/mol. The number of carbonyl (C=O) groups excluding carboxylic acids is 1. The fourth-order valence-corrected chi connectivity index (χ4v) is 1.64. The van der Waals surface area contributed by atoms with Crippen molar-refractivity contribution in [3.8, 4) is 0 Å². The van der Waals surface area contributed by atoms with Gasteiger partial charge in [0.05, 0.1) is 6.04 Å². The van der Waals surface area contributed by atoms with Gasteiger partial charge in [0.1, 0.15) is 0 Å². The second-order valence-electron chi connectivity index (χ2n) is 3.56. The lowest BCUT2D eigenvalue weighted by atomic mass is 10.0. The molecule has 15 heavy (non-hydrogen) atoms. The molecule has 0 aliphatic carbocycles. The van der Waals surface area contributed by atoms with Crippen molar-refractivity contribution in [1.29, 1.82) is 0 Å². The first-order chi connectivity index (χ1) is 7.36. The van der Waals surface area contributed by atoms with Crippen molar-refractivity contribution >= 4 is 11.9 Å². The summed E-state index contributed by atoms with van der Waals surface area (Å²) in [6, 6.07) is 1.62. The van der Waals surface area contributed by atoms with E-state index in [0.717, 1.165) is 25.8 Å². The Hall–Kier alpha value is -1.49. The highest BCUT2D eigenvalue weighted by Gasteiger charge is 2.20. The van der Waals surface area contributed by atoms with Crippen LogP contribution in [0.3, 0.4) is 0 Å². The number of amides is 1. The smallest absolute Gasteiger partial charge is 0.243 e. The first-order valence-electron chi connectivity index (χ1n) is 5.17. The Morgan fingerprint density at radius 1 is 1.40 bits per heavy atom. The molecule has 1 aromatic heterocycles. The van der Waals surface area contributed by atoms with Gasteiger partial charge in [-0.25, -0.2) is 9.97 Å². The summed E-state index contributed by atoms with van der Waals surface area (Å²) in [6.45, 7) is 0.910. The van der Waals surface area contributed by atoms with Crippen molar-refractivity contribution < 1.29 is 4.79 Å². The minimum atomic E-state index is -0.0949. The van der Waals surface area contributed by atoms with E-state index < -0.39 is 0 Å². The van der Waals surface area contributed by atoms with Crippen molar-refractivity contribution in [3.63, 3.8) is 0 Å². The van der Waals surface area contributed by atoms with E-state index in [-0.39, 0.29) is 11.9 Å². The number of hydrogen-bond donors (Lipinski definition) is 2. The highest BCUT2D eigenvalue weighted by molar-refractivity contribution is 5.93. The lowest BCUT2D eigenvalue weighted by Gasteiger charge is -2.21. The van der Waals surface area contributed by atoms with Gasteiger partial charge in [-0.2, -0.15) is 0 Å². The molecular formula is C10H14N4O. The maximum Gasteiger partial charge on any atom is 0.243 e. The van der Waals surface area contributed by atoms with Crippen LogP contribution in [0.15, 0.2) is 18.5 Å². The van der Waals surface area contributed by atoms with Crippen molar-refractivity contribution in [2.45, 2.75) is 25.3 Å². The van der Waals surface area contributed by atoms with Gasteiger partial charge in [0.25, 0.3) is 0 Å². The highest BCUT2D eigenvalue weighted by atomic mass is 16.2. The molecule has 0 aromatic carbocycles. The fraction of sp³-hybridized carbons (Fsp3) is 0.500. The standard InChI is InChI=1S/C10H14N4O/c15-9(8-4-1-2-5-11-8)14-10-12-6-3-7-13-10/h3,6-8,11H,1-2,4-5H2,(H,12,13,14,15)/t8-/m0/s1. The van der Waals surface area contributed by atoms with Gasteiger partial charge in [0, 0.05) is 12.4 Å². The molecule has 0 saturated carbocycles. The van der Waals surface area contributed by atoms with Crippen molar-refractivity contribution in [3.05, 3.63) is 18.5 Å². The zero-order chi connectivity index (χ0) is 10.5. The van der Waals surface area contributed by atoms with Crippen LogP contribution in [-0.4, -0.2) is 28.5 Å². The Labute approximate surface area is 88.3 Å². The van der Waals surface area contributed by atoms with Crippen LogP contribution in [0.2, 0.25) is 0 Å². The molecule has 0 bridgehead atoms. The van der Waals surface area contributed by atoms with Gasteiger partial charge < -0.3 is 5.32 Å². The Bertz CT molecular complexity index is 321. The number of piperidine rings is 1. The first-order valence-corrected chi connectivity index (χ1v) is 5.17. The number of carbonyl (C=O) groups is 1. The number of aromatic nitrogens is 2. The Morgan fingerprint density at radius 2 is 2.20 bits per heavy atom. The van der Waals surface area contributed by atoms with Crippen LogP contribution in [-0.2, 0) is 4.79 Å². The number of rotatable bonds is 2. The normalized spacial score (nSPS) is 20.9. The Balaban J connectivity index is 1.91. The molecule has 2 N–H and O–H groups in total. The molecule has 0 spiro atoms. The molecule has 0 radical (unpaired) electrons. The van der Waals surface area contributed by atoms with E-state index in [1.165, 1.54) is 0 Å². The molecule has 1 aliphatic heterocycles. The third kappa shape index (κ3) is 2.73. The summed E-state index contributed by atoms with van der Waals surface area (Å²) in [4.78, 5) is 19.6. The van der Waals surface area contributed by atoms with Gasteiger partial charge in [-0.3, -0.25) is 10.1 Å². The molecule has 1 amide bonds. The molecule has 2 heterocycles. The summed E-state index contributed by atoms with van der Waals surface area (Å²) in [6.07, 6.45) is 6.35. The maximum atomic E-state index is 11.7. The molecule has 2 rings (SSSR count). The largest absolute Gasteiger partial charge is 0.306 e. The van der Waals surface area contributed by atoms with E-state index in [1.807, 2.05) is 0 Å². The maximum absolute atomic E-state index is 11.7. The van der Waals surface area contributed by atoms with Crippen LogP contribution in [0, 0.1) is 0 Å². The average Bonchev–Trinajstić information content (AvgIpc) is 2.31. The first kappa shape index (κ1) is 10.0. The van der Waals surface area contributed by atoms with Crippen LogP contribution >= 0.6 is 0 Å². The lowest BCUT2D eigenvalue weighted by molar-refractivity contribution is -0.118. The third-order valence-electron chi connectivity index (χ3n) is 2.43. The molecule has 1 atom stereocenters. The number of nitrogens with one attached hydrogen (secondary N) is 2. The van der Waals surface area contributed by atoms with Crippen molar-refractivity contribution in [2.24, 2.45) is 0 Å². The SMILES string of the molecule is O=C(Nc1ncccn1)[C@@H]1CCCCN1. The van der Waals surface area contributed by atoms with E-state index in [0.29, 0.717) is 5.95 Å². The predicted octanol–water partition coefficient (Wildman–Crippen LogP) is 0.557. The number of anilines is 1. The zero-order valence-electron chi connectivity index (χ0n) is 8.44. The van der Waals surface area contributed by atoms with Gasteiger partial charge in [0.2, 0.25) is 11.9 Å². The topological polar surface area (TPSA) is 66.9 Å². The lowest BCUT2D eigenvalue weighted by Crippen LogP contribution is -2.43. The summed E-state index contributed by atoms with van der Waals surface area (Å²) in [5.74, 6) is 0.329. The number of hydrogen-bond acceptors (Lipinski definition) is 4. The predicted molar refractivity (Wildman–Crippen MR) is 56.3 cm³/mol. The molecule has 1 aromatic rings. The van der Waals surface area contributed by atoms with Gasteiger partial charge >= 0.3 is 0 Å². The average molecular weight is 206 g/mol. The van der Waals surface area contributed by atoms with E-state index in [9.17, 15) is 4.79 Å². The van der Waals surface area contributed by atoms with E-state index >= 15 is 0 Å². The van der Waals surface area contributed by atoms with Gasteiger partial charge in [-0.05, 0) is 25.5 Å². The Kier molecular flexibility index (Phi) is 3.24. The number of nitrogens with zero attached hydrogens (tertiary/aromatic N) is 2.